The molecule has 0 radical (unpaired) electrons. The fourth-order valence-electron chi connectivity index (χ4n) is 3.03. The first-order valence-corrected chi connectivity index (χ1v) is 9.13. The zero-order valence-electron chi connectivity index (χ0n) is 15.2. The first kappa shape index (κ1) is 19.5. The summed E-state index contributed by atoms with van der Waals surface area (Å²) in [5.74, 6) is 0.352. The van der Waals surface area contributed by atoms with Gasteiger partial charge in [-0.05, 0) is 49.7 Å². The second kappa shape index (κ2) is 7.76. The zero-order valence-corrected chi connectivity index (χ0v) is 16.7. The van der Waals surface area contributed by atoms with Crippen LogP contribution >= 0.6 is 23.2 Å². The fourth-order valence-corrected chi connectivity index (χ4v) is 3.57. The minimum Gasteiger partial charge on any atom is -0.387 e. The van der Waals surface area contributed by atoms with Crippen LogP contribution in [0.25, 0.3) is 5.82 Å². The summed E-state index contributed by atoms with van der Waals surface area (Å²) in [5.41, 5.74) is 2.96. The van der Waals surface area contributed by atoms with Crippen LogP contribution in [0.3, 0.4) is 0 Å². The third kappa shape index (κ3) is 4.03. The average Bonchev–Trinajstić information content (AvgIpc) is 3.13. The van der Waals surface area contributed by atoms with Gasteiger partial charge >= 0.3 is 0 Å². The lowest BCUT2D eigenvalue weighted by Gasteiger charge is -2.15. The van der Waals surface area contributed by atoms with Crippen molar-refractivity contribution in [1.82, 2.24) is 19.7 Å². The van der Waals surface area contributed by atoms with Crippen molar-refractivity contribution in [3.8, 4) is 5.82 Å². The molecule has 0 aliphatic carbocycles. The molecule has 0 fully saturated rings. The highest BCUT2D eigenvalue weighted by Gasteiger charge is 2.20. The predicted molar refractivity (Wildman–Crippen MR) is 106 cm³/mol. The normalized spacial score (nSPS) is 12.2. The number of carbonyl (C=O) groups is 1. The lowest BCUT2D eigenvalue weighted by atomic mass is 10.1. The number of amides is 1. The van der Waals surface area contributed by atoms with Crippen molar-refractivity contribution in [3.63, 3.8) is 0 Å². The summed E-state index contributed by atoms with van der Waals surface area (Å²) in [6.07, 6.45) is 0.590. The second-order valence-corrected chi connectivity index (χ2v) is 7.26. The van der Waals surface area contributed by atoms with Gasteiger partial charge in [-0.3, -0.25) is 9.48 Å². The van der Waals surface area contributed by atoms with Gasteiger partial charge in [0.2, 0.25) is 0 Å². The molecule has 1 aromatic carbocycles. The van der Waals surface area contributed by atoms with E-state index in [1.807, 2.05) is 30.5 Å². The molecule has 2 aromatic heterocycles. The number of carbonyl (C=O) groups excluding carboxylic acids is 1. The number of nitrogens with one attached hydrogen (secondary N) is 1. The van der Waals surface area contributed by atoms with Crippen molar-refractivity contribution in [2.24, 2.45) is 7.05 Å². The Labute approximate surface area is 167 Å². The molecule has 1 atom stereocenters. The first-order valence-electron chi connectivity index (χ1n) is 8.37. The Morgan fingerprint density at radius 1 is 1.19 bits per heavy atom. The van der Waals surface area contributed by atoms with Crippen LogP contribution < -0.4 is 5.32 Å². The maximum absolute atomic E-state index is 12.7. The van der Waals surface area contributed by atoms with E-state index >= 15 is 0 Å². The average molecular weight is 407 g/mol. The largest absolute Gasteiger partial charge is 0.387 e. The summed E-state index contributed by atoms with van der Waals surface area (Å²) in [6, 6.07) is 8.79. The quantitative estimate of drug-likeness (QED) is 0.679. The molecule has 2 N–H and O–H groups in total. The van der Waals surface area contributed by atoms with E-state index in [2.05, 4.69) is 10.4 Å². The maximum atomic E-state index is 12.7. The second-order valence-electron chi connectivity index (χ2n) is 6.39. The van der Waals surface area contributed by atoms with E-state index in [1.165, 1.54) is 6.20 Å². The summed E-state index contributed by atoms with van der Waals surface area (Å²) in [5, 5.41) is 18.2. The van der Waals surface area contributed by atoms with Crippen LogP contribution in [0.15, 0.2) is 36.5 Å². The van der Waals surface area contributed by atoms with E-state index in [-0.39, 0.29) is 12.5 Å². The highest BCUT2D eigenvalue weighted by molar-refractivity contribution is 6.34. The SMILES string of the molecule is Cc1ccc(C)n1-c1c(C(=O)NC[C@@H](O)c2cc(Cl)cc(Cl)c2)cnn1C. The summed E-state index contributed by atoms with van der Waals surface area (Å²) < 4.78 is 3.62. The molecule has 0 unspecified atom stereocenters. The molecule has 27 heavy (non-hydrogen) atoms. The van der Waals surface area contributed by atoms with E-state index in [9.17, 15) is 9.90 Å². The Hall–Kier alpha value is -2.28. The molecule has 0 aliphatic heterocycles. The van der Waals surface area contributed by atoms with Crippen molar-refractivity contribution < 1.29 is 9.90 Å². The molecule has 2 heterocycles. The number of aliphatic hydroxyl groups excluding tert-OH is 1. The van der Waals surface area contributed by atoms with Crippen LogP contribution in [0, 0.1) is 13.8 Å². The van der Waals surface area contributed by atoms with Crippen LogP contribution in [0.5, 0.6) is 0 Å². The summed E-state index contributed by atoms with van der Waals surface area (Å²) in [4.78, 5) is 12.7. The van der Waals surface area contributed by atoms with Crippen LogP contribution in [-0.4, -0.2) is 31.9 Å². The Morgan fingerprint density at radius 2 is 1.78 bits per heavy atom. The smallest absolute Gasteiger partial charge is 0.256 e. The number of nitrogens with zero attached hydrogens (tertiary/aromatic N) is 3. The number of aliphatic hydroxyl groups is 1. The Bertz CT molecular complexity index is 954. The van der Waals surface area contributed by atoms with E-state index in [4.69, 9.17) is 23.2 Å². The van der Waals surface area contributed by atoms with Crippen LogP contribution in [0.1, 0.15) is 33.4 Å². The number of rotatable bonds is 5. The molecule has 0 saturated carbocycles. The van der Waals surface area contributed by atoms with Crippen molar-refractivity contribution >= 4 is 29.1 Å². The van der Waals surface area contributed by atoms with Gasteiger partial charge in [0.05, 0.1) is 12.3 Å². The monoisotopic (exact) mass is 406 g/mol. The number of hydrogen-bond acceptors (Lipinski definition) is 3. The summed E-state index contributed by atoms with van der Waals surface area (Å²) >= 11 is 11.9. The van der Waals surface area contributed by atoms with Crippen molar-refractivity contribution in [2.45, 2.75) is 20.0 Å². The molecule has 0 aliphatic rings. The van der Waals surface area contributed by atoms with Gasteiger partial charge in [0.1, 0.15) is 11.4 Å². The third-order valence-corrected chi connectivity index (χ3v) is 4.80. The van der Waals surface area contributed by atoms with Gasteiger partial charge in [0.15, 0.2) is 0 Å². The lowest BCUT2D eigenvalue weighted by Crippen LogP contribution is -2.29. The highest BCUT2D eigenvalue weighted by atomic mass is 35.5. The van der Waals surface area contributed by atoms with Gasteiger partial charge < -0.3 is 15.0 Å². The van der Waals surface area contributed by atoms with Gasteiger partial charge in [0, 0.05) is 35.0 Å². The Morgan fingerprint density at radius 3 is 2.37 bits per heavy atom. The van der Waals surface area contributed by atoms with Crippen molar-refractivity contribution in [1.29, 1.82) is 0 Å². The summed E-state index contributed by atoms with van der Waals surface area (Å²) in [7, 11) is 1.79. The van der Waals surface area contributed by atoms with E-state index in [0.717, 1.165) is 11.4 Å². The number of halogens is 2. The van der Waals surface area contributed by atoms with Crippen molar-refractivity contribution in [3.05, 3.63) is 69.1 Å². The van der Waals surface area contributed by atoms with Gasteiger partial charge in [-0.1, -0.05) is 23.2 Å². The Kier molecular flexibility index (Phi) is 5.60. The van der Waals surface area contributed by atoms with Gasteiger partial charge in [-0.2, -0.15) is 5.10 Å². The number of aromatic nitrogens is 3. The van der Waals surface area contributed by atoms with Crippen LogP contribution in [0.2, 0.25) is 10.0 Å². The highest BCUT2D eigenvalue weighted by Crippen LogP contribution is 2.24. The van der Waals surface area contributed by atoms with E-state index in [0.29, 0.717) is 27.0 Å². The van der Waals surface area contributed by atoms with E-state index < -0.39 is 6.10 Å². The molecule has 0 saturated heterocycles. The van der Waals surface area contributed by atoms with Crippen LogP contribution in [0.4, 0.5) is 0 Å². The minimum absolute atomic E-state index is 0.0213. The third-order valence-electron chi connectivity index (χ3n) is 4.36. The fraction of sp³-hybridized carbons (Fsp3) is 0.263. The molecule has 8 heteroatoms. The molecular weight excluding hydrogens is 387 g/mol. The van der Waals surface area contributed by atoms with Gasteiger partial charge in [-0.25, -0.2) is 0 Å². The van der Waals surface area contributed by atoms with Crippen LogP contribution in [-0.2, 0) is 7.05 Å². The molecule has 0 bridgehead atoms. The zero-order chi connectivity index (χ0) is 19.7. The standard InChI is InChI=1S/C19H20Cl2N4O2/c1-11-4-5-12(2)25(11)19-16(9-23-24(19)3)18(27)22-10-17(26)13-6-14(20)8-15(21)7-13/h4-9,17,26H,10H2,1-3H3,(H,22,27)/t17-/m1/s1. The number of benzene rings is 1. The molecule has 3 aromatic rings. The predicted octanol–water partition coefficient (Wildman–Crippen LogP) is 3.60. The molecule has 0 spiro atoms. The minimum atomic E-state index is -0.930. The Balaban J connectivity index is 1.80. The van der Waals surface area contributed by atoms with E-state index in [1.54, 1.807) is 29.9 Å². The molecule has 6 nitrogen and oxygen atoms in total. The first-order chi connectivity index (χ1) is 12.8. The van der Waals surface area contributed by atoms with Gasteiger partial charge in [0.25, 0.3) is 5.91 Å². The topological polar surface area (TPSA) is 72.1 Å². The molecule has 3 rings (SSSR count). The summed E-state index contributed by atoms with van der Waals surface area (Å²) in [6.45, 7) is 3.95. The van der Waals surface area contributed by atoms with Gasteiger partial charge in [-0.15, -0.1) is 0 Å². The molecule has 1 amide bonds. The molecular formula is C19H20Cl2N4O2. The lowest BCUT2D eigenvalue weighted by molar-refractivity contribution is 0.0916. The molecule has 142 valence electrons. The maximum Gasteiger partial charge on any atom is 0.256 e. The number of aryl methyl sites for hydroxylation is 3. The van der Waals surface area contributed by atoms with Crippen molar-refractivity contribution in [2.75, 3.05) is 6.54 Å². The number of hydrogen-bond donors (Lipinski definition) is 2.